The van der Waals surface area contributed by atoms with E-state index in [2.05, 4.69) is 36.4 Å². The summed E-state index contributed by atoms with van der Waals surface area (Å²) in [7, 11) is 1.65. The summed E-state index contributed by atoms with van der Waals surface area (Å²) in [6, 6.07) is 12.6. The molecule has 0 aromatic heterocycles. The topological polar surface area (TPSA) is 29.5 Å². The highest BCUT2D eigenvalue weighted by Gasteiger charge is 2.18. The summed E-state index contributed by atoms with van der Waals surface area (Å²) < 4.78 is 5.33. The first-order valence-electron chi connectivity index (χ1n) is 6.22. The number of fused-ring (bicyclic) bond motifs is 3. The molecule has 1 N–H and O–H groups in total. The van der Waals surface area contributed by atoms with Gasteiger partial charge >= 0.3 is 0 Å². The van der Waals surface area contributed by atoms with Crippen LogP contribution >= 0.6 is 0 Å². The van der Waals surface area contributed by atoms with E-state index >= 15 is 0 Å². The molecule has 2 aromatic rings. The van der Waals surface area contributed by atoms with Gasteiger partial charge in [-0.05, 0) is 47.2 Å². The molecule has 0 saturated carbocycles. The summed E-state index contributed by atoms with van der Waals surface area (Å²) in [5, 5.41) is 9.42. The Balaban J connectivity index is 2.21. The molecule has 0 radical (unpaired) electrons. The van der Waals surface area contributed by atoms with E-state index < -0.39 is 0 Å². The van der Waals surface area contributed by atoms with Crippen molar-refractivity contribution in [3.8, 4) is 16.9 Å². The molecule has 3 rings (SSSR count). The second-order valence-electron chi connectivity index (χ2n) is 4.64. The molecule has 0 fully saturated rings. The van der Waals surface area contributed by atoms with Crippen LogP contribution in [0.2, 0.25) is 0 Å². The molecule has 0 aliphatic heterocycles. The Morgan fingerprint density at radius 3 is 2.61 bits per heavy atom. The van der Waals surface area contributed by atoms with Crippen LogP contribution in [0.4, 0.5) is 0 Å². The van der Waals surface area contributed by atoms with Crippen LogP contribution in [0.15, 0.2) is 36.4 Å². The summed E-state index contributed by atoms with van der Waals surface area (Å²) in [6.45, 7) is 0.0125. The van der Waals surface area contributed by atoms with Crippen LogP contribution in [-0.2, 0) is 19.4 Å². The number of hydrogen-bond donors (Lipinski definition) is 1. The molecule has 2 heteroatoms. The van der Waals surface area contributed by atoms with Gasteiger partial charge < -0.3 is 9.84 Å². The van der Waals surface area contributed by atoms with Gasteiger partial charge in [-0.15, -0.1) is 0 Å². The Kier molecular flexibility index (Phi) is 2.80. The van der Waals surface area contributed by atoms with Crippen molar-refractivity contribution in [3.63, 3.8) is 0 Å². The van der Waals surface area contributed by atoms with Crippen molar-refractivity contribution in [1.29, 1.82) is 0 Å². The summed E-state index contributed by atoms with van der Waals surface area (Å²) in [4.78, 5) is 0. The van der Waals surface area contributed by atoms with Gasteiger partial charge in [0.15, 0.2) is 0 Å². The number of methoxy groups -OCH3 is 1. The lowest BCUT2D eigenvalue weighted by Crippen LogP contribution is -2.05. The predicted octanol–water partition coefficient (Wildman–Crippen LogP) is 2.95. The maximum Gasteiger partial charge on any atom is 0.124 e. The van der Waals surface area contributed by atoms with Gasteiger partial charge in [-0.3, -0.25) is 0 Å². The second-order valence-corrected chi connectivity index (χ2v) is 4.64. The molecule has 1 aliphatic carbocycles. The summed E-state index contributed by atoms with van der Waals surface area (Å²) in [6.07, 6.45) is 2.11. The third-order valence-electron chi connectivity index (χ3n) is 3.65. The standard InChI is InChI=1S/C16H16O2/c1-18-16-9-12-7-6-11-4-2-3-5-14(11)15(12)8-13(16)10-17/h2-5,8-9,17H,6-7,10H2,1H3. The first kappa shape index (κ1) is 11.3. The van der Waals surface area contributed by atoms with Gasteiger partial charge in [-0.25, -0.2) is 0 Å². The van der Waals surface area contributed by atoms with Crippen molar-refractivity contribution in [2.24, 2.45) is 0 Å². The highest BCUT2D eigenvalue weighted by molar-refractivity contribution is 5.74. The molecular formula is C16H16O2. The Hall–Kier alpha value is -1.80. The van der Waals surface area contributed by atoms with Crippen molar-refractivity contribution in [2.45, 2.75) is 19.4 Å². The van der Waals surface area contributed by atoms with Crippen LogP contribution in [0.1, 0.15) is 16.7 Å². The Bertz CT molecular complexity index is 588. The van der Waals surface area contributed by atoms with Gasteiger partial charge in [0.1, 0.15) is 5.75 Å². The third kappa shape index (κ3) is 1.70. The van der Waals surface area contributed by atoms with E-state index in [0.29, 0.717) is 0 Å². The van der Waals surface area contributed by atoms with Crippen molar-refractivity contribution < 1.29 is 9.84 Å². The first-order valence-corrected chi connectivity index (χ1v) is 6.22. The van der Waals surface area contributed by atoms with Crippen LogP contribution in [0.25, 0.3) is 11.1 Å². The number of aliphatic hydroxyl groups excluding tert-OH is 1. The van der Waals surface area contributed by atoms with E-state index in [9.17, 15) is 5.11 Å². The van der Waals surface area contributed by atoms with Crippen molar-refractivity contribution in [2.75, 3.05) is 7.11 Å². The normalized spacial score (nSPS) is 12.8. The molecule has 1 aliphatic rings. The highest BCUT2D eigenvalue weighted by Crippen LogP contribution is 2.37. The number of ether oxygens (including phenoxy) is 1. The molecule has 0 spiro atoms. The molecule has 2 nitrogen and oxygen atoms in total. The Labute approximate surface area is 107 Å². The van der Waals surface area contributed by atoms with E-state index in [1.165, 1.54) is 22.3 Å². The van der Waals surface area contributed by atoms with Crippen LogP contribution in [0.5, 0.6) is 5.75 Å². The zero-order valence-corrected chi connectivity index (χ0v) is 10.4. The smallest absolute Gasteiger partial charge is 0.124 e. The van der Waals surface area contributed by atoms with Crippen LogP contribution in [-0.4, -0.2) is 12.2 Å². The molecule has 0 amide bonds. The molecular weight excluding hydrogens is 224 g/mol. The van der Waals surface area contributed by atoms with Crippen LogP contribution in [0, 0.1) is 0 Å². The summed E-state index contributed by atoms with van der Waals surface area (Å²) in [5.41, 5.74) is 6.08. The van der Waals surface area contributed by atoms with E-state index in [4.69, 9.17) is 4.74 Å². The molecule has 2 aromatic carbocycles. The molecule has 0 saturated heterocycles. The van der Waals surface area contributed by atoms with Crippen molar-refractivity contribution in [1.82, 2.24) is 0 Å². The molecule has 0 bridgehead atoms. The van der Waals surface area contributed by atoms with Gasteiger partial charge in [0, 0.05) is 5.56 Å². The molecule has 0 atom stereocenters. The lowest BCUT2D eigenvalue weighted by atomic mass is 9.84. The average Bonchev–Trinajstić information content (AvgIpc) is 2.45. The molecule has 92 valence electrons. The zero-order chi connectivity index (χ0) is 12.5. The van der Waals surface area contributed by atoms with E-state index in [1.54, 1.807) is 7.11 Å². The summed E-state index contributed by atoms with van der Waals surface area (Å²) in [5.74, 6) is 0.788. The minimum atomic E-state index is 0.0125. The number of benzene rings is 2. The van der Waals surface area contributed by atoms with Crippen molar-refractivity contribution in [3.05, 3.63) is 53.1 Å². The average molecular weight is 240 g/mol. The molecule has 0 unspecified atom stereocenters. The minimum Gasteiger partial charge on any atom is -0.496 e. The minimum absolute atomic E-state index is 0.0125. The number of rotatable bonds is 2. The van der Waals surface area contributed by atoms with Gasteiger partial charge in [-0.2, -0.15) is 0 Å². The number of aryl methyl sites for hydroxylation is 2. The van der Waals surface area contributed by atoms with Gasteiger partial charge in [0.2, 0.25) is 0 Å². The quantitative estimate of drug-likeness (QED) is 0.874. The SMILES string of the molecule is COc1cc2c(cc1CO)-c1ccccc1CC2. The Morgan fingerprint density at radius 2 is 1.83 bits per heavy atom. The van der Waals surface area contributed by atoms with Gasteiger partial charge in [0.05, 0.1) is 13.7 Å². The summed E-state index contributed by atoms with van der Waals surface area (Å²) >= 11 is 0. The third-order valence-corrected chi connectivity index (χ3v) is 3.65. The number of aliphatic hydroxyl groups is 1. The maximum atomic E-state index is 9.42. The molecule has 0 heterocycles. The van der Waals surface area contributed by atoms with Gasteiger partial charge in [-0.1, -0.05) is 24.3 Å². The highest BCUT2D eigenvalue weighted by atomic mass is 16.5. The largest absolute Gasteiger partial charge is 0.496 e. The van der Waals surface area contributed by atoms with E-state index in [-0.39, 0.29) is 6.61 Å². The predicted molar refractivity (Wildman–Crippen MR) is 71.8 cm³/mol. The second kappa shape index (κ2) is 4.46. The zero-order valence-electron chi connectivity index (χ0n) is 10.4. The fourth-order valence-electron chi connectivity index (χ4n) is 2.71. The fourth-order valence-corrected chi connectivity index (χ4v) is 2.71. The lowest BCUT2D eigenvalue weighted by Gasteiger charge is -2.21. The van der Waals surface area contributed by atoms with E-state index in [0.717, 1.165) is 24.2 Å². The van der Waals surface area contributed by atoms with Crippen LogP contribution in [0.3, 0.4) is 0 Å². The Morgan fingerprint density at radius 1 is 1.06 bits per heavy atom. The monoisotopic (exact) mass is 240 g/mol. The van der Waals surface area contributed by atoms with E-state index in [1.807, 2.05) is 0 Å². The fraction of sp³-hybridized carbons (Fsp3) is 0.250. The lowest BCUT2D eigenvalue weighted by molar-refractivity contribution is 0.274. The van der Waals surface area contributed by atoms with Crippen molar-refractivity contribution >= 4 is 0 Å². The maximum absolute atomic E-state index is 9.42. The molecule has 18 heavy (non-hydrogen) atoms. The van der Waals surface area contributed by atoms with Crippen LogP contribution < -0.4 is 4.74 Å². The van der Waals surface area contributed by atoms with Gasteiger partial charge in [0.25, 0.3) is 0 Å². The number of hydrogen-bond acceptors (Lipinski definition) is 2. The first-order chi connectivity index (χ1) is 8.83.